The molecule has 20 nitrogen and oxygen atoms in total. The fourth-order valence-corrected chi connectivity index (χ4v) is 5.14. The van der Waals surface area contributed by atoms with Crippen molar-refractivity contribution < 1.29 is 79.0 Å². The van der Waals surface area contributed by atoms with Crippen molar-refractivity contribution in [2.24, 2.45) is 11.5 Å². The summed E-state index contributed by atoms with van der Waals surface area (Å²) in [5, 5.41) is 84.2. The standard InChI is InChI=1S/C23H42N4O16S/c1-6(31)26-7(5-44)20(36)43-27-13-17(35)19(41-22-12(25)15(33)14(32)8(2-28)39-22)10(4-30)40-23(13)42-18-9(3-29)38-21(37)11(24)16(18)34/h7-19,21-23,27-30,32-35,37,44H,2-5,24-25H2,1H3,(H,26,31)/t7-,8+,9+,10+,11+,12+,13+,14+,15+,16?,17?,18+,19+,21+,22-,23-/m0/s1. The maximum absolute atomic E-state index is 12.7. The van der Waals surface area contributed by atoms with Gasteiger partial charge in [0.15, 0.2) is 18.9 Å². The lowest BCUT2D eigenvalue weighted by atomic mass is 9.94. The van der Waals surface area contributed by atoms with Gasteiger partial charge in [0.05, 0.1) is 31.9 Å². The Kier molecular flexibility index (Phi) is 13.9. The first-order chi connectivity index (χ1) is 20.8. The first kappa shape index (κ1) is 37.1. The van der Waals surface area contributed by atoms with Crippen LogP contribution in [0.4, 0.5) is 0 Å². The zero-order chi connectivity index (χ0) is 32.9. The molecule has 3 rings (SSSR count). The second-order valence-electron chi connectivity index (χ2n) is 10.5. The molecule has 3 heterocycles. The van der Waals surface area contributed by atoms with Gasteiger partial charge in [0.1, 0.15) is 67.0 Å². The average molecular weight is 663 g/mol. The van der Waals surface area contributed by atoms with Crippen LogP contribution in [-0.4, -0.2) is 176 Å². The van der Waals surface area contributed by atoms with Crippen molar-refractivity contribution in [2.75, 3.05) is 25.6 Å². The number of nitrogens with one attached hydrogen (secondary N) is 2. The zero-order valence-electron chi connectivity index (χ0n) is 23.5. The Morgan fingerprint density at radius 3 is 1.91 bits per heavy atom. The predicted octanol–water partition coefficient (Wildman–Crippen LogP) is -8.15. The first-order valence-electron chi connectivity index (χ1n) is 13.6. The second-order valence-corrected chi connectivity index (χ2v) is 10.9. The number of aliphatic hydroxyl groups excluding tert-OH is 8. The van der Waals surface area contributed by atoms with Crippen molar-refractivity contribution in [3.8, 4) is 0 Å². The third kappa shape index (κ3) is 8.32. The smallest absolute Gasteiger partial charge is 0.348 e. The topological polar surface area (TPSA) is 327 Å². The number of hydrogen-bond acceptors (Lipinski definition) is 20. The molecule has 3 saturated heterocycles. The van der Waals surface area contributed by atoms with Gasteiger partial charge in [-0.15, -0.1) is 5.48 Å². The molecule has 3 aliphatic rings. The fraction of sp³-hybridized carbons (Fsp3) is 0.913. The molecule has 256 valence electrons. The summed E-state index contributed by atoms with van der Waals surface area (Å²) in [7, 11) is 0. The van der Waals surface area contributed by atoms with E-state index in [4.69, 9.17) is 40.0 Å². The molecule has 14 N–H and O–H groups in total. The Bertz CT molecular complexity index is 941. The molecule has 3 aliphatic heterocycles. The van der Waals surface area contributed by atoms with Gasteiger partial charge in [-0.25, -0.2) is 4.79 Å². The minimum Gasteiger partial charge on any atom is -0.394 e. The lowest BCUT2D eigenvalue weighted by molar-refractivity contribution is -0.355. The van der Waals surface area contributed by atoms with E-state index in [1.807, 2.05) is 0 Å². The lowest BCUT2D eigenvalue weighted by Gasteiger charge is -2.49. The van der Waals surface area contributed by atoms with Gasteiger partial charge < -0.3 is 86.2 Å². The van der Waals surface area contributed by atoms with E-state index in [0.29, 0.717) is 0 Å². The van der Waals surface area contributed by atoms with Crippen LogP contribution in [0.2, 0.25) is 0 Å². The summed E-state index contributed by atoms with van der Waals surface area (Å²) in [6, 6.07) is -5.65. The first-order valence-corrected chi connectivity index (χ1v) is 14.3. The lowest BCUT2D eigenvalue weighted by Crippen LogP contribution is -2.70. The summed E-state index contributed by atoms with van der Waals surface area (Å²) in [5.74, 6) is -1.80. The average Bonchev–Trinajstić information content (AvgIpc) is 3.00. The number of aliphatic hydroxyl groups is 8. The van der Waals surface area contributed by atoms with Gasteiger partial charge in [-0.1, -0.05) is 0 Å². The van der Waals surface area contributed by atoms with Crippen molar-refractivity contribution >= 4 is 24.5 Å². The van der Waals surface area contributed by atoms with Gasteiger partial charge in [0.2, 0.25) is 5.91 Å². The van der Waals surface area contributed by atoms with Crippen molar-refractivity contribution in [2.45, 2.75) is 105 Å². The SMILES string of the molecule is CC(=O)N[C@@H](CS)C(=O)ON[C@@H]1C(O)[C@H](O[C@@H]2O[C@H](CO)[C@@H](O)[C@H](O)[C@H]2N)[C@@H](CO)O[C@H]1O[C@H]1C(O)[C@@H](N)[C@H](O)O[C@@H]1CO. The van der Waals surface area contributed by atoms with Crippen LogP contribution in [0.25, 0.3) is 0 Å². The molecule has 0 saturated carbocycles. The number of thiol groups is 1. The minimum atomic E-state index is -1.84. The highest BCUT2D eigenvalue weighted by atomic mass is 32.1. The Morgan fingerprint density at radius 1 is 0.795 bits per heavy atom. The van der Waals surface area contributed by atoms with Crippen molar-refractivity contribution in [1.29, 1.82) is 0 Å². The number of hydrogen-bond donors (Lipinski definition) is 13. The molecule has 0 aromatic carbocycles. The highest BCUT2D eigenvalue weighted by Gasteiger charge is 2.53. The van der Waals surface area contributed by atoms with E-state index in [1.54, 1.807) is 0 Å². The van der Waals surface area contributed by atoms with Gasteiger partial charge in [-0.2, -0.15) is 12.6 Å². The van der Waals surface area contributed by atoms with Gasteiger partial charge in [0, 0.05) is 12.7 Å². The molecule has 0 bridgehead atoms. The van der Waals surface area contributed by atoms with Crippen LogP contribution in [0.3, 0.4) is 0 Å². The number of rotatable bonds is 12. The molecule has 16 atom stereocenters. The van der Waals surface area contributed by atoms with E-state index in [9.17, 15) is 50.4 Å². The number of nitrogens with two attached hydrogens (primary N) is 2. The molecule has 0 aromatic heterocycles. The summed E-state index contributed by atoms with van der Waals surface area (Å²) in [6.45, 7) is -1.17. The maximum atomic E-state index is 12.7. The zero-order valence-corrected chi connectivity index (χ0v) is 24.4. The van der Waals surface area contributed by atoms with Crippen LogP contribution in [0.5, 0.6) is 0 Å². The molecule has 3 fully saturated rings. The summed E-state index contributed by atoms with van der Waals surface area (Å²) in [6.07, 6.45) is -18.8. The van der Waals surface area contributed by atoms with E-state index in [0.717, 1.165) is 6.92 Å². The van der Waals surface area contributed by atoms with Crippen LogP contribution in [0, 0.1) is 0 Å². The second kappa shape index (κ2) is 16.5. The highest BCUT2D eigenvalue weighted by Crippen LogP contribution is 2.31. The molecule has 0 spiro atoms. The molecule has 0 radical (unpaired) electrons. The van der Waals surface area contributed by atoms with Crippen LogP contribution in [0.1, 0.15) is 6.92 Å². The van der Waals surface area contributed by atoms with Crippen molar-refractivity contribution in [3.05, 3.63) is 0 Å². The quantitative estimate of drug-likeness (QED) is 0.0681. The van der Waals surface area contributed by atoms with E-state index < -0.39 is 130 Å². The molecular formula is C23H42N4O16S. The molecule has 44 heavy (non-hydrogen) atoms. The number of hydroxylamine groups is 1. The van der Waals surface area contributed by atoms with Gasteiger partial charge in [0.25, 0.3) is 0 Å². The van der Waals surface area contributed by atoms with Crippen molar-refractivity contribution in [3.63, 3.8) is 0 Å². The Morgan fingerprint density at radius 2 is 1.34 bits per heavy atom. The Hall–Kier alpha value is -1.35. The van der Waals surface area contributed by atoms with Crippen LogP contribution in [-0.2, 0) is 38.1 Å². The van der Waals surface area contributed by atoms with E-state index >= 15 is 0 Å². The van der Waals surface area contributed by atoms with E-state index in [-0.39, 0.29) is 5.75 Å². The minimum absolute atomic E-state index is 0.177. The highest BCUT2D eigenvalue weighted by molar-refractivity contribution is 7.80. The van der Waals surface area contributed by atoms with Crippen LogP contribution < -0.4 is 22.3 Å². The third-order valence-electron chi connectivity index (χ3n) is 7.42. The van der Waals surface area contributed by atoms with Gasteiger partial charge in [-0.05, 0) is 0 Å². The monoisotopic (exact) mass is 662 g/mol. The summed E-state index contributed by atoms with van der Waals surface area (Å²) in [4.78, 5) is 29.2. The molecule has 0 aliphatic carbocycles. The van der Waals surface area contributed by atoms with Crippen LogP contribution >= 0.6 is 12.6 Å². The van der Waals surface area contributed by atoms with Crippen molar-refractivity contribution in [1.82, 2.24) is 10.8 Å². The summed E-state index contributed by atoms with van der Waals surface area (Å²) in [5.41, 5.74) is 14.0. The molecule has 0 aromatic rings. The maximum Gasteiger partial charge on any atom is 0.348 e. The Balaban J connectivity index is 1.88. The fourth-order valence-electron chi connectivity index (χ4n) is 4.90. The summed E-state index contributed by atoms with van der Waals surface area (Å²) >= 11 is 4.00. The molecule has 1 amide bonds. The number of carbonyl (C=O) groups is 2. The summed E-state index contributed by atoms with van der Waals surface area (Å²) < 4.78 is 28.0. The third-order valence-corrected chi connectivity index (χ3v) is 7.79. The Labute approximate surface area is 256 Å². The predicted molar refractivity (Wildman–Crippen MR) is 144 cm³/mol. The van der Waals surface area contributed by atoms with E-state index in [2.05, 4.69) is 23.4 Å². The molecule has 2 unspecified atom stereocenters. The number of carbonyl (C=O) groups excluding carboxylic acids is 2. The number of ether oxygens (including phenoxy) is 5. The normalized spacial score (nSPS) is 43.7. The van der Waals surface area contributed by atoms with Gasteiger partial charge >= 0.3 is 5.97 Å². The van der Waals surface area contributed by atoms with Crippen LogP contribution in [0.15, 0.2) is 0 Å². The van der Waals surface area contributed by atoms with Gasteiger partial charge in [-0.3, -0.25) is 4.79 Å². The molecule has 21 heteroatoms. The largest absolute Gasteiger partial charge is 0.394 e. The van der Waals surface area contributed by atoms with E-state index in [1.165, 1.54) is 0 Å². The molecular weight excluding hydrogens is 620 g/mol. The number of amides is 1.